The van der Waals surface area contributed by atoms with Crippen molar-refractivity contribution in [1.29, 1.82) is 0 Å². The van der Waals surface area contributed by atoms with Crippen molar-refractivity contribution in [2.75, 3.05) is 31.2 Å². The molecule has 8 heteroatoms. The largest absolute Gasteiger partial charge is 0.394 e. The zero-order chi connectivity index (χ0) is 13.1. The lowest BCUT2D eigenvalue weighted by Crippen LogP contribution is -2.44. The minimum atomic E-state index is -2.69. The Balaban J connectivity index is 2.20. The van der Waals surface area contributed by atoms with Gasteiger partial charge in [-0.25, -0.2) is 8.78 Å². The number of alkyl halides is 2. The van der Waals surface area contributed by atoms with Gasteiger partial charge in [-0.1, -0.05) is 11.6 Å². The van der Waals surface area contributed by atoms with Gasteiger partial charge in [0.1, 0.15) is 0 Å². The van der Waals surface area contributed by atoms with Crippen molar-refractivity contribution in [3.05, 3.63) is 16.8 Å². The molecule has 100 valence electrons. The summed E-state index contributed by atoms with van der Waals surface area (Å²) < 4.78 is 30.6. The third kappa shape index (κ3) is 2.85. The summed E-state index contributed by atoms with van der Waals surface area (Å²) in [6, 6.07) is 1.22. The first-order chi connectivity index (χ1) is 8.61. The fourth-order valence-electron chi connectivity index (χ4n) is 1.73. The number of halogens is 3. The monoisotopic (exact) mass is 279 g/mol. The minimum absolute atomic E-state index is 0.126. The van der Waals surface area contributed by atoms with E-state index < -0.39 is 6.43 Å². The Morgan fingerprint density at radius 1 is 1.56 bits per heavy atom. The predicted octanol–water partition coefficient (Wildman–Crippen LogP) is 1.27. The molecule has 5 nitrogen and oxygen atoms in total. The van der Waals surface area contributed by atoms with Crippen molar-refractivity contribution in [3.63, 3.8) is 0 Å². The van der Waals surface area contributed by atoms with Crippen LogP contribution < -0.4 is 4.90 Å². The molecule has 1 aliphatic rings. The molecule has 0 radical (unpaired) electrons. The van der Waals surface area contributed by atoms with Gasteiger partial charge in [0.05, 0.1) is 24.9 Å². The zero-order valence-corrected chi connectivity index (χ0v) is 10.1. The van der Waals surface area contributed by atoms with Gasteiger partial charge in [-0.3, -0.25) is 0 Å². The molecular weight excluding hydrogens is 268 g/mol. The number of aliphatic hydroxyl groups is 1. The molecule has 18 heavy (non-hydrogen) atoms. The van der Waals surface area contributed by atoms with Crippen molar-refractivity contribution < 1.29 is 18.6 Å². The van der Waals surface area contributed by atoms with Crippen LogP contribution in [0.5, 0.6) is 0 Å². The van der Waals surface area contributed by atoms with Crippen LogP contribution in [-0.2, 0) is 4.74 Å². The number of anilines is 1. The van der Waals surface area contributed by atoms with E-state index in [0.717, 1.165) is 0 Å². The summed E-state index contributed by atoms with van der Waals surface area (Å²) in [6.45, 7) is 1.17. The van der Waals surface area contributed by atoms with Crippen LogP contribution >= 0.6 is 11.6 Å². The van der Waals surface area contributed by atoms with E-state index in [0.29, 0.717) is 25.5 Å². The maximum atomic E-state index is 12.7. The highest BCUT2D eigenvalue weighted by Gasteiger charge is 2.23. The number of morpholine rings is 1. The van der Waals surface area contributed by atoms with Gasteiger partial charge in [-0.15, -0.1) is 10.2 Å². The predicted molar refractivity (Wildman–Crippen MR) is 61.0 cm³/mol. The Bertz CT molecular complexity index is 422. The third-order valence-corrected chi connectivity index (χ3v) is 2.96. The van der Waals surface area contributed by atoms with Gasteiger partial charge in [0.25, 0.3) is 6.43 Å². The van der Waals surface area contributed by atoms with Crippen molar-refractivity contribution >= 4 is 17.4 Å². The molecule has 0 saturated carbocycles. The first-order valence-electron chi connectivity index (χ1n) is 5.40. The molecular formula is C10H12ClF2N3O2. The van der Waals surface area contributed by atoms with Crippen LogP contribution in [-0.4, -0.2) is 47.7 Å². The second-order valence-corrected chi connectivity index (χ2v) is 4.23. The zero-order valence-electron chi connectivity index (χ0n) is 9.39. The Morgan fingerprint density at radius 2 is 2.33 bits per heavy atom. The Hall–Kier alpha value is -1.05. The van der Waals surface area contributed by atoms with Crippen LogP contribution in [0.2, 0.25) is 5.15 Å². The van der Waals surface area contributed by atoms with Gasteiger partial charge in [0, 0.05) is 13.1 Å². The maximum absolute atomic E-state index is 12.7. The molecule has 0 spiro atoms. The van der Waals surface area contributed by atoms with Crippen LogP contribution in [0.1, 0.15) is 12.0 Å². The lowest BCUT2D eigenvalue weighted by atomic mass is 10.2. The van der Waals surface area contributed by atoms with Crippen molar-refractivity contribution in [2.24, 2.45) is 0 Å². The molecule has 0 unspecified atom stereocenters. The average Bonchev–Trinajstić information content (AvgIpc) is 2.39. The molecule has 2 rings (SSSR count). The lowest BCUT2D eigenvalue weighted by Gasteiger charge is -2.32. The number of aliphatic hydroxyl groups excluding tert-OH is 1. The quantitative estimate of drug-likeness (QED) is 0.903. The Labute approximate surface area is 107 Å². The van der Waals surface area contributed by atoms with E-state index in [4.69, 9.17) is 21.4 Å². The number of hydrogen-bond donors (Lipinski definition) is 1. The minimum Gasteiger partial charge on any atom is -0.394 e. The van der Waals surface area contributed by atoms with Gasteiger partial charge >= 0.3 is 0 Å². The molecule has 0 amide bonds. The molecule has 1 saturated heterocycles. The van der Waals surface area contributed by atoms with E-state index in [1.54, 1.807) is 4.90 Å². The fourth-order valence-corrected chi connectivity index (χ4v) is 1.90. The number of rotatable bonds is 3. The summed E-state index contributed by atoms with van der Waals surface area (Å²) in [6.07, 6.45) is -3.03. The number of nitrogens with zero attached hydrogens (tertiary/aromatic N) is 3. The molecule has 0 aromatic carbocycles. The summed E-state index contributed by atoms with van der Waals surface area (Å²) >= 11 is 5.55. The molecule has 1 aromatic rings. The van der Waals surface area contributed by atoms with Gasteiger partial charge in [0.15, 0.2) is 11.0 Å². The normalized spacial score (nSPS) is 20.5. The van der Waals surface area contributed by atoms with Gasteiger partial charge in [-0.05, 0) is 6.07 Å². The standard InChI is InChI=1S/C10H12ClF2N3O2/c11-9-7(10(12)13)3-8(14-15-9)16-1-2-18-6(4-16)5-17/h3,6,10,17H,1-2,4-5H2/t6-/m0/s1. The first-order valence-corrected chi connectivity index (χ1v) is 5.78. The molecule has 1 atom stereocenters. The van der Waals surface area contributed by atoms with Gasteiger partial charge in [0.2, 0.25) is 0 Å². The van der Waals surface area contributed by atoms with E-state index in [2.05, 4.69) is 10.2 Å². The van der Waals surface area contributed by atoms with Crippen molar-refractivity contribution in [1.82, 2.24) is 10.2 Å². The van der Waals surface area contributed by atoms with E-state index in [1.807, 2.05) is 0 Å². The second-order valence-electron chi connectivity index (χ2n) is 3.87. The van der Waals surface area contributed by atoms with Gasteiger partial charge in [-0.2, -0.15) is 0 Å². The third-order valence-electron chi connectivity index (χ3n) is 2.66. The molecule has 1 aliphatic heterocycles. The molecule has 1 N–H and O–H groups in total. The highest BCUT2D eigenvalue weighted by Crippen LogP contribution is 2.28. The van der Waals surface area contributed by atoms with Crippen molar-refractivity contribution in [3.8, 4) is 0 Å². The number of hydrogen-bond acceptors (Lipinski definition) is 5. The highest BCUT2D eigenvalue weighted by molar-refractivity contribution is 6.30. The maximum Gasteiger partial charge on any atom is 0.267 e. The molecule has 0 aliphatic carbocycles. The molecule has 1 fully saturated rings. The van der Waals surface area contributed by atoms with E-state index in [-0.39, 0.29) is 23.4 Å². The fraction of sp³-hybridized carbons (Fsp3) is 0.600. The molecule has 2 heterocycles. The van der Waals surface area contributed by atoms with Crippen molar-refractivity contribution in [2.45, 2.75) is 12.5 Å². The summed E-state index contributed by atoms with van der Waals surface area (Å²) in [5, 5.41) is 16.0. The van der Waals surface area contributed by atoms with Crippen LogP contribution in [0.4, 0.5) is 14.6 Å². The Kier molecular flexibility index (Phi) is 4.26. The second kappa shape index (κ2) is 5.73. The summed E-state index contributed by atoms with van der Waals surface area (Å²) in [5.41, 5.74) is -0.339. The van der Waals surface area contributed by atoms with Crippen LogP contribution in [0, 0.1) is 0 Å². The summed E-state index contributed by atoms with van der Waals surface area (Å²) in [4.78, 5) is 1.74. The molecule has 1 aromatic heterocycles. The van der Waals surface area contributed by atoms with E-state index >= 15 is 0 Å². The van der Waals surface area contributed by atoms with Gasteiger partial charge < -0.3 is 14.7 Å². The number of ether oxygens (including phenoxy) is 1. The average molecular weight is 280 g/mol. The number of aromatic nitrogens is 2. The Morgan fingerprint density at radius 3 is 3.00 bits per heavy atom. The summed E-state index contributed by atoms with van der Waals surface area (Å²) in [5.74, 6) is 0.316. The van der Waals surface area contributed by atoms with E-state index in [1.165, 1.54) is 6.07 Å². The van der Waals surface area contributed by atoms with Crippen LogP contribution in [0.15, 0.2) is 6.07 Å². The first kappa shape index (κ1) is 13.4. The summed E-state index contributed by atoms with van der Waals surface area (Å²) in [7, 11) is 0. The SMILES string of the molecule is OC[C@@H]1CN(c2cc(C(F)F)c(Cl)nn2)CCO1. The van der Waals surface area contributed by atoms with Crippen LogP contribution in [0.3, 0.4) is 0 Å². The smallest absolute Gasteiger partial charge is 0.267 e. The van der Waals surface area contributed by atoms with E-state index in [9.17, 15) is 8.78 Å². The van der Waals surface area contributed by atoms with Crippen LogP contribution in [0.25, 0.3) is 0 Å². The lowest BCUT2D eigenvalue weighted by molar-refractivity contribution is 0.00330. The highest BCUT2D eigenvalue weighted by atomic mass is 35.5. The topological polar surface area (TPSA) is 58.5 Å². The molecule has 0 bridgehead atoms.